The molecule has 1 fully saturated rings. The fourth-order valence-corrected chi connectivity index (χ4v) is 2.38. The second-order valence-corrected chi connectivity index (χ2v) is 4.97. The molecule has 0 heterocycles. The predicted octanol–water partition coefficient (Wildman–Crippen LogP) is 1.91. The van der Waals surface area contributed by atoms with Crippen molar-refractivity contribution in [1.82, 2.24) is 5.32 Å². The van der Waals surface area contributed by atoms with Crippen LogP contribution in [0.3, 0.4) is 0 Å². The molecule has 1 saturated carbocycles. The van der Waals surface area contributed by atoms with Gasteiger partial charge in [-0.05, 0) is 12.8 Å². The largest absolute Gasteiger partial charge is 0.391 e. The Morgan fingerprint density at radius 3 is 2.57 bits per heavy atom. The van der Waals surface area contributed by atoms with Gasteiger partial charge in [-0.25, -0.2) is 4.39 Å². The zero-order valence-electron chi connectivity index (χ0n) is 11.0. The van der Waals surface area contributed by atoms with Crippen molar-refractivity contribution < 1.29 is 23.6 Å². The van der Waals surface area contributed by atoms with E-state index in [0.717, 1.165) is 12.8 Å². The highest BCUT2D eigenvalue weighted by Crippen LogP contribution is 2.23. The highest BCUT2D eigenvalue weighted by Gasteiger charge is 2.27. The van der Waals surface area contributed by atoms with Gasteiger partial charge in [0.15, 0.2) is 0 Å². The van der Waals surface area contributed by atoms with E-state index < -0.39 is 45.9 Å². The average Bonchev–Trinajstić information content (AvgIpc) is 2.40. The van der Waals surface area contributed by atoms with Gasteiger partial charge in [-0.3, -0.25) is 14.9 Å². The molecular weight excluding hydrogens is 286 g/mol. The molecule has 0 bridgehead atoms. The minimum atomic E-state index is -1.34. The number of carbonyl (C=O) groups is 1. The monoisotopic (exact) mass is 300 g/mol. The van der Waals surface area contributed by atoms with E-state index in [0.29, 0.717) is 25.0 Å². The molecule has 2 N–H and O–H groups in total. The number of halogens is 2. The van der Waals surface area contributed by atoms with Gasteiger partial charge in [0, 0.05) is 12.1 Å². The maximum Gasteiger partial charge on any atom is 0.305 e. The van der Waals surface area contributed by atoms with Crippen molar-refractivity contribution in [1.29, 1.82) is 0 Å². The minimum absolute atomic E-state index is 0.310. The quantitative estimate of drug-likeness (QED) is 0.658. The summed E-state index contributed by atoms with van der Waals surface area (Å²) < 4.78 is 26.8. The SMILES string of the molecule is O=C(NC1CCCCC1O)c1cc([N+](=O)[O-])c(F)cc1F. The summed E-state index contributed by atoms with van der Waals surface area (Å²) in [6.07, 6.45) is 1.98. The van der Waals surface area contributed by atoms with E-state index in [1.165, 1.54) is 0 Å². The van der Waals surface area contributed by atoms with E-state index in [2.05, 4.69) is 5.32 Å². The Hall–Kier alpha value is -2.09. The lowest BCUT2D eigenvalue weighted by molar-refractivity contribution is -0.387. The summed E-state index contributed by atoms with van der Waals surface area (Å²) in [6, 6.07) is 0.342. The maximum atomic E-state index is 13.6. The molecule has 2 unspecified atom stereocenters. The van der Waals surface area contributed by atoms with Gasteiger partial charge in [0.1, 0.15) is 5.82 Å². The lowest BCUT2D eigenvalue weighted by atomic mass is 9.92. The Balaban J connectivity index is 2.22. The third-order valence-corrected chi connectivity index (χ3v) is 3.52. The smallest absolute Gasteiger partial charge is 0.305 e. The summed E-state index contributed by atoms with van der Waals surface area (Å²) in [6.45, 7) is 0. The Morgan fingerprint density at radius 2 is 1.95 bits per heavy atom. The van der Waals surface area contributed by atoms with Gasteiger partial charge >= 0.3 is 5.69 Å². The molecule has 2 atom stereocenters. The number of nitro groups is 1. The number of hydrogen-bond donors (Lipinski definition) is 2. The molecule has 0 spiro atoms. The van der Waals surface area contributed by atoms with Crippen LogP contribution in [0.4, 0.5) is 14.5 Å². The van der Waals surface area contributed by atoms with Crippen LogP contribution in [0, 0.1) is 21.7 Å². The van der Waals surface area contributed by atoms with Crippen LogP contribution in [0.15, 0.2) is 12.1 Å². The van der Waals surface area contributed by atoms with E-state index in [4.69, 9.17) is 0 Å². The molecular formula is C13H14F2N2O4. The first-order valence-corrected chi connectivity index (χ1v) is 6.52. The predicted molar refractivity (Wildman–Crippen MR) is 68.7 cm³/mol. The van der Waals surface area contributed by atoms with E-state index in [-0.39, 0.29) is 0 Å². The Bertz CT molecular complexity index is 580. The van der Waals surface area contributed by atoms with Crippen LogP contribution in [0.1, 0.15) is 36.0 Å². The van der Waals surface area contributed by atoms with E-state index in [1.54, 1.807) is 0 Å². The van der Waals surface area contributed by atoms with Crippen LogP contribution in [0.25, 0.3) is 0 Å². The van der Waals surface area contributed by atoms with Gasteiger partial charge < -0.3 is 10.4 Å². The van der Waals surface area contributed by atoms with Crippen molar-refractivity contribution in [3.05, 3.63) is 39.4 Å². The Kier molecular flexibility index (Phi) is 4.46. The number of aliphatic hydroxyl groups is 1. The molecule has 114 valence electrons. The summed E-state index contributed by atoms with van der Waals surface area (Å²) >= 11 is 0. The number of nitrogens with zero attached hydrogens (tertiary/aromatic N) is 1. The van der Waals surface area contributed by atoms with Gasteiger partial charge in [-0.15, -0.1) is 0 Å². The van der Waals surface area contributed by atoms with Crippen molar-refractivity contribution in [2.24, 2.45) is 0 Å². The van der Waals surface area contributed by atoms with Crippen LogP contribution >= 0.6 is 0 Å². The topological polar surface area (TPSA) is 92.5 Å². The molecule has 0 saturated heterocycles. The van der Waals surface area contributed by atoms with E-state index in [9.17, 15) is 28.8 Å². The number of nitro benzene ring substituents is 1. The molecule has 0 aliphatic heterocycles. The van der Waals surface area contributed by atoms with Crippen LogP contribution in [-0.4, -0.2) is 28.1 Å². The number of hydrogen-bond acceptors (Lipinski definition) is 4. The summed E-state index contributed by atoms with van der Waals surface area (Å²) in [5.74, 6) is -3.42. The summed E-state index contributed by atoms with van der Waals surface area (Å²) in [5, 5.41) is 22.8. The molecule has 8 heteroatoms. The third-order valence-electron chi connectivity index (χ3n) is 3.52. The zero-order chi connectivity index (χ0) is 15.6. The summed E-state index contributed by atoms with van der Waals surface area (Å²) in [5.41, 5.74) is -1.58. The Labute approximate surface area is 118 Å². The first-order valence-electron chi connectivity index (χ1n) is 6.52. The molecule has 1 aliphatic rings. The average molecular weight is 300 g/mol. The molecule has 0 aromatic heterocycles. The molecule has 2 rings (SSSR count). The van der Waals surface area contributed by atoms with Crippen molar-refractivity contribution in [3.8, 4) is 0 Å². The lowest BCUT2D eigenvalue weighted by Crippen LogP contribution is -2.45. The highest BCUT2D eigenvalue weighted by molar-refractivity contribution is 5.95. The van der Waals surface area contributed by atoms with Crippen LogP contribution in [-0.2, 0) is 0 Å². The molecule has 6 nitrogen and oxygen atoms in total. The van der Waals surface area contributed by atoms with Gasteiger partial charge in [0.2, 0.25) is 5.82 Å². The molecule has 1 aliphatic carbocycles. The third kappa shape index (κ3) is 3.33. The van der Waals surface area contributed by atoms with Gasteiger partial charge in [0.25, 0.3) is 5.91 Å². The number of aliphatic hydroxyl groups excluding tert-OH is 1. The highest BCUT2D eigenvalue weighted by atomic mass is 19.1. The van der Waals surface area contributed by atoms with Crippen molar-refractivity contribution >= 4 is 11.6 Å². The maximum absolute atomic E-state index is 13.6. The van der Waals surface area contributed by atoms with Crippen LogP contribution < -0.4 is 5.32 Å². The van der Waals surface area contributed by atoms with E-state index >= 15 is 0 Å². The fraction of sp³-hybridized carbons (Fsp3) is 0.462. The normalized spacial score (nSPS) is 21.9. The number of carbonyl (C=O) groups excluding carboxylic acids is 1. The molecule has 1 aromatic carbocycles. The van der Waals surface area contributed by atoms with Crippen molar-refractivity contribution in [2.45, 2.75) is 37.8 Å². The summed E-state index contributed by atoms with van der Waals surface area (Å²) in [4.78, 5) is 21.6. The number of rotatable bonds is 3. The second kappa shape index (κ2) is 6.13. The van der Waals surface area contributed by atoms with Crippen LogP contribution in [0.2, 0.25) is 0 Å². The first kappa shape index (κ1) is 15.3. The van der Waals surface area contributed by atoms with E-state index in [1.807, 2.05) is 0 Å². The fourth-order valence-electron chi connectivity index (χ4n) is 2.38. The summed E-state index contributed by atoms with van der Waals surface area (Å²) in [7, 11) is 0. The second-order valence-electron chi connectivity index (χ2n) is 4.97. The number of amides is 1. The first-order chi connectivity index (χ1) is 9.90. The molecule has 21 heavy (non-hydrogen) atoms. The molecule has 1 amide bonds. The van der Waals surface area contributed by atoms with Gasteiger partial charge in [-0.1, -0.05) is 12.8 Å². The minimum Gasteiger partial charge on any atom is -0.391 e. The molecule has 1 aromatic rings. The van der Waals surface area contributed by atoms with Gasteiger partial charge in [0.05, 0.1) is 22.6 Å². The lowest BCUT2D eigenvalue weighted by Gasteiger charge is -2.28. The molecule has 0 radical (unpaired) electrons. The van der Waals surface area contributed by atoms with Crippen molar-refractivity contribution in [3.63, 3.8) is 0 Å². The standard InChI is InChI=1S/C13H14F2N2O4/c14-8-6-9(15)11(17(20)21)5-7(8)13(19)16-10-3-1-2-4-12(10)18/h5-6,10,12,18H,1-4H2,(H,16,19). The van der Waals surface area contributed by atoms with Gasteiger partial charge in [-0.2, -0.15) is 4.39 Å². The number of nitrogens with one attached hydrogen (secondary N) is 1. The Morgan fingerprint density at radius 1 is 1.29 bits per heavy atom. The number of benzene rings is 1. The van der Waals surface area contributed by atoms with Crippen LogP contribution in [0.5, 0.6) is 0 Å². The van der Waals surface area contributed by atoms with Crippen molar-refractivity contribution in [2.75, 3.05) is 0 Å². The zero-order valence-corrected chi connectivity index (χ0v) is 11.0.